The minimum atomic E-state index is -4.30. The van der Waals surface area contributed by atoms with Gasteiger partial charge in [0.1, 0.15) is 12.2 Å². The van der Waals surface area contributed by atoms with E-state index in [2.05, 4.69) is 20.8 Å². The second kappa shape index (κ2) is 10.6. The largest absolute Gasteiger partial charge is 0.748 e. The molecule has 0 radical (unpaired) electrons. The van der Waals surface area contributed by atoms with Crippen molar-refractivity contribution in [2.75, 3.05) is 38.6 Å². The first-order valence-electron chi connectivity index (χ1n) is 11.2. The Morgan fingerprint density at radius 3 is 1.86 bits per heavy atom. The molecule has 0 saturated heterocycles. The smallest absolute Gasteiger partial charge is 0.332 e. The Balaban J connectivity index is 0.000000370. The minimum Gasteiger partial charge on any atom is -0.748 e. The van der Waals surface area contributed by atoms with Gasteiger partial charge in [0.15, 0.2) is 0 Å². The van der Waals surface area contributed by atoms with Gasteiger partial charge in [-0.15, -0.1) is 0 Å². The zero-order chi connectivity index (χ0) is 21.7. The number of hydrogen-bond donors (Lipinski definition) is 1. The standard InChI is InChI=1S/C15H24O6S.C6H15N/c1-15(21-14(16)9-20-2-3-22(17,18)19)12-5-10-4-11(7-12)8-13(15)6-10;1-4-7(5-2)6-3/h10-13H,2-9H2,1H3,(H,17,18,19);4-6H2,1-3H3. The highest BCUT2D eigenvalue weighted by Crippen LogP contribution is 2.59. The van der Waals surface area contributed by atoms with E-state index in [1.165, 1.54) is 26.1 Å². The van der Waals surface area contributed by atoms with Crippen LogP contribution in [0, 0.1) is 23.7 Å². The van der Waals surface area contributed by atoms with Crippen LogP contribution in [0.15, 0.2) is 0 Å². The zero-order valence-corrected chi connectivity index (χ0v) is 19.3. The molecule has 0 spiro atoms. The number of ether oxygens (including phenoxy) is 2. The maximum Gasteiger partial charge on any atom is 0.332 e. The molecule has 4 aliphatic carbocycles. The van der Waals surface area contributed by atoms with Crippen LogP contribution in [0.4, 0.5) is 0 Å². The number of rotatable bonds is 9. The maximum atomic E-state index is 12.0. The third-order valence-electron chi connectivity index (χ3n) is 7.29. The van der Waals surface area contributed by atoms with Gasteiger partial charge in [0.25, 0.3) is 0 Å². The van der Waals surface area contributed by atoms with Gasteiger partial charge >= 0.3 is 5.97 Å². The van der Waals surface area contributed by atoms with Crippen molar-refractivity contribution < 1.29 is 32.1 Å². The van der Waals surface area contributed by atoms with Gasteiger partial charge in [0.2, 0.25) is 0 Å². The number of carbonyl (C=O) groups excluding carboxylic acids is 1. The van der Waals surface area contributed by atoms with Crippen molar-refractivity contribution in [3.05, 3.63) is 0 Å². The summed E-state index contributed by atoms with van der Waals surface area (Å²) in [6, 6.07) is 0. The summed E-state index contributed by atoms with van der Waals surface area (Å²) in [5, 5.41) is 0. The van der Waals surface area contributed by atoms with Crippen LogP contribution in [-0.2, 0) is 24.4 Å². The first-order valence-corrected chi connectivity index (χ1v) is 12.8. The fraction of sp³-hybridized carbons (Fsp3) is 0.952. The molecule has 0 heterocycles. The molecule has 29 heavy (non-hydrogen) atoms. The molecule has 1 N–H and O–H groups in total. The fourth-order valence-electron chi connectivity index (χ4n) is 5.63. The third-order valence-corrected chi connectivity index (χ3v) is 7.96. The zero-order valence-electron chi connectivity index (χ0n) is 18.4. The number of nitrogens with one attached hydrogen (secondary N) is 1. The number of quaternary nitrogens is 1. The van der Waals surface area contributed by atoms with Crippen molar-refractivity contribution in [2.45, 2.75) is 65.4 Å². The predicted octanol–water partition coefficient (Wildman–Crippen LogP) is 1.24. The summed E-state index contributed by atoms with van der Waals surface area (Å²) in [6.45, 7) is 12.0. The summed E-state index contributed by atoms with van der Waals surface area (Å²) in [5.41, 5.74) is -0.404. The lowest BCUT2D eigenvalue weighted by Crippen LogP contribution is -3.11. The summed E-state index contributed by atoms with van der Waals surface area (Å²) in [4.78, 5) is 13.7. The van der Waals surface area contributed by atoms with E-state index in [1.807, 2.05) is 6.92 Å². The summed E-state index contributed by atoms with van der Waals surface area (Å²) in [5.74, 6) is 1.40. The molecule has 4 saturated carbocycles. The molecular formula is C21H39NO6S. The van der Waals surface area contributed by atoms with Crippen LogP contribution < -0.4 is 4.90 Å². The molecule has 0 aromatic heterocycles. The molecule has 4 rings (SSSR count). The molecule has 8 heteroatoms. The lowest BCUT2D eigenvalue weighted by Gasteiger charge is -2.59. The van der Waals surface area contributed by atoms with Crippen molar-refractivity contribution in [1.82, 2.24) is 0 Å². The lowest BCUT2D eigenvalue weighted by atomic mass is 9.50. The second-order valence-electron chi connectivity index (χ2n) is 9.09. The Hall–Kier alpha value is -0.700. The highest BCUT2D eigenvalue weighted by Gasteiger charge is 2.56. The maximum absolute atomic E-state index is 12.0. The van der Waals surface area contributed by atoms with Crippen molar-refractivity contribution in [3.8, 4) is 0 Å². The van der Waals surface area contributed by atoms with E-state index in [0.29, 0.717) is 11.8 Å². The van der Waals surface area contributed by atoms with Crippen LogP contribution in [0.3, 0.4) is 0 Å². The Bertz CT molecular complexity index is 598. The molecule has 0 unspecified atom stereocenters. The first kappa shape index (κ1) is 24.6. The fourth-order valence-corrected chi connectivity index (χ4v) is 5.95. The average molecular weight is 434 g/mol. The van der Waals surface area contributed by atoms with E-state index < -0.39 is 27.4 Å². The molecule has 4 bridgehead atoms. The van der Waals surface area contributed by atoms with Crippen LogP contribution in [-0.4, -0.2) is 63.1 Å². The number of esters is 1. The van der Waals surface area contributed by atoms with E-state index >= 15 is 0 Å². The third kappa shape index (κ3) is 6.91. The molecule has 0 aliphatic heterocycles. The predicted molar refractivity (Wildman–Crippen MR) is 110 cm³/mol. The monoisotopic (exact) mass is 433 g/mol. The molecule has 0 amide bonds. The highest BCUT2D eigenvalue weighted by atomic mass is 32.2. The molecule has 7 nitrogen and oxygen atoms in total. The van der Waals surface area contributed by atoms with Crippen LogP contribution in [0.2, 0.25) is 0 Å². The quantitative estimate of drug-likeness (QED) is 0.334. The lowest BCUT2D eigenvalue weighted by molar-refractivity contribution is -0.894. The highest BCUT2D eigenvalue weighted by molar-refractivity contribution is 7.85. The van der Waals surface area contributed by atoms with E-state index in [-0.39, 0.29) is 13.2 Å². The molecule has 4 fully saturated rings. The number of carbonyl (C=O) groups is 1. The normalized spacial score (nSPS) is 32.8. The van der Waals surface area contributed by atoms with Crippen LogP contribution in [0.1, 0.15) is 59.8 Å². The van der Waals surface area contributed by atoms with Gasteiger partial charge in [-0.2, -0.15) is 0 Å². The van der Waals surface area contributed by atoms with Gasteiger partial charge in [-0.05, 0) is 83.5 Å². The SMILES string of the molecule is CC1(OC(=O)COCCS(=O)(=O)[O-])C2CC3CC(C2)CC1C3.CC[NH+](CC)CC. The topological polar surface area (TPSA) is 97.2 Å². The molecule has 0 aromatic carbocycles. The van der Waals surface area contributed by atoms with Crippen LogP contribution in [0.25, 0.3) is 0 Å². The number of hydrogen-bond acceptors (Lipinski definition) is 6. The minimum absolute atomic E-state index is 0.269. The second-order valence-corrected chi connectivity index (χ2v) is 10.6. The van der Waals surface area contributed by atoms with Gasteiger partial charge in [0, 0.05) is 0 Å². The Morgan fingerprint density at radius 1 is 1.00 bits per heavy atom. The van der Waals surface area contributed by atoms with E-state index in [4.69, 9.17) is 9.47 Å². The Labute approximate surface area is 176 Å². The van der Waals surface area contributed by atoms with Crippen LogP contribution in [0.5, 0.6) is 0 Å². The van der Waals surface area contributed by atoms with E-state index in [0.717, 1.165) is 37.5 Å². The molecule has 170 valence electrons. The van der Waals surface area contributed by atoms with E-state index in [1.54, 1.807) is 4.90 Å². The summed E-state index contributed by atoms with van der Waals surface area (Å²) in [7, 11) is -4.30. The Morgan fingerprint density at radius 2 is 1.48 bits per heavy atom. The summed E-state index contributed by atoms with van der Waals surface area (Å²) < 4.78 is 42.1. The first-order chi connectivity index (χ1) is 13.6. The molecule has 0 atom stereocenters. The summed E-state index contributed by atoms with van der Waals surface area (Å²) >= 11 is 0. The van der Waals surface area contributed by atoms with E-state index in [9.17, 15) is 17.8 Å². The van der Waals surface area contributed by atoms with Crippen molar-refractivity contribution in [3.63, 3.8) is 0 Å². The molecule has 0 aromatic rings. The molecule has 4 aliphatic rings. The van der Waals surface area contributed by atoms with Gasteiger partial charge in [-0.25, -0.2) is 13.2 Å². The Kier molecular flexibility index (Phi) is 8.94. The van der Waals surface area contributed by atoms with Gasteiger partial charge in [0.05, 0.1) is 42.1 Å². The van der Waals surface area contributed by atoms with Gasteiger partial charge < -0.3 is 18.9 Å². The van der Waals surface area contributed by atoms with Gasteiger partial charge in [-0.1, -0.05) is 0 Å². The van der Waals surface area contributed by atoms with Crippen LogP contribution >= 0.6 is 0 Å². The van der Waals surface area contributed by atoms with Crippen molar-refractivity contribution in [2.24, 2.45) is 23.7 Å². The molecular weight excluding hydrogens is 394 g/mol. The van der Waals surface area contributed by atoms with Gasteiger partial charge in [-0.3, -0.25) is 0 Å². The average Bonchev–Trinajstić information content (AvgIpc) is 2.64. The summed E-state index contributed by atoms with van der Waals surface area (Å²) in [6.07, 6.45) is 5.92. The van der Waals surface area contributed by atoms with Crippen molar-refractivity contribution >= 4 is 16.1 Å². The van der Waals surface area contributed by atoms with Crippen molar-refractivity contribution in [1.29, 1.82) is 0 Å².